The van der Waals surface area contributed by atoms with Crippen LogP contribution in [0.25, 0.3) is 10.9 Å². The number of nitrogens with one attached hydrogen (secondary N) is 3. The molecule has 7 nitrogen and oxygen atoms in total. The fraction of sp³-hybridized carbons (Fsp3) is 0.233. The van der Waals surface area contributed by atoms with Crippen molar-refractivity contribution in [1.82, 2.24) is 20.5 Å². The van der Waals surface area contributed by atoms with Crippen LogP contribution in [0.1, 0.15) is 35.3 Å². The third-order valence-corrected chi connectivity index (χ3v) is 6.35. The maximum absolute atomic E-state index is 13.5. The lowest BCUT2D eigenvalue weighted by molar-refractivity contribution is -0.137. The van der Waals surface area contributed by atoms with Crippen LogP contribution >= 0.6 is 0 Å². The fourth-order valence-electron chi connectivity index (χ4n) is 4.26. The maximum Gasteiger partial charge on any atom is 0.254 e. The number of carbonyl (C=O) groups is 3. The van der Waals surface area contributed by atoms with Crippen LogP contribution in [0.3, 0.4) is 0 Å². The number of para-hydroxylation sites is 1. The minimum Gasteiger partial charge on any atom is -0.360 e. The number of amides is 3. The number of aromatic nitrogens is 1. The van der Waals surface area contributed by atoms with E-state index in [-0.39, 0.29) is 11.8 Å². The Balaban J connectivity index is 1.50. The molecule has 0 bridgehead atoms. The SMILES string of the molecule is CN(Cc1ccccc1)C(=O)C(Cc1ccccc1)NC(=O)C(C)(C)NC(=O)c1c[nH]c2ccccc12. The second-order valence-corrected chi connectivity index (χ2v) is 9.72. The van der Waals surface area contributed by atoms with Gasteiger partial charge in [0.25, 0.3) is 5.91 Å². The Morgan fingerprint density at radius 1 is 0.865 bits per heavy atom. The first kappa shape index (κ1) is 25.7. The highest BCUT2D eigenvalue weighted by Crippen LogP contribution is 2.19. The number of H-pyrrole nitrogens is 1. The number of benzene rings is 3. The molecule has 0 aliphatic rings. The maximum atomic E-state index is 13.5. The summed E-state index contributed by atoms with van der Waals surface area (Å²) in [5.41, 5.74) is 1.95. The number of likely N-dealkylation sites (N-methyl/N-ethyl adjacent to an activating group) is 1. The molecule has 1 aromatic heterocycles. The number of aromatic amines is 1. The first-order valence-electron chi connectivity index (χ1n) is 12.3. The van der Waals surface area contributed by atoms with E-state index in [1.807, 2.05) is 84.9 Å². The first-order valence-corrected chi connectivity index (χ1v) is 12.3. The lowest BCUT2D eigenvalue weighted by Crippen LogP contribution is -2.59. The zero-order valence-electron chi connectivity index (χ0n) is 21.3. The highest BCUT2D eigenvalue weighted by Gasteiger charge is 2.34. The Morgan fingerprint density at radius 2 is 1.46 bits per heavy atom. The van der Waals surface area contributed by atoms with Gasteiger partial charge in [-0.1, -0.05) is 78.9 Å². The van der Waals surface area contributed by atoms with Gasteiger partial charge in [0.15, 0.2) is 0 Å². The van der Waals surface area contributed by atoms with Crippen LogP contribution in [-0.4, -0.2) is 46.2 Å². The molecular formula is C30H32N4O3. The third kappa shape index (κ3) is 6.25. The summed E-state index contributed by atoms with van der Waals surface area (Å²) >= 11 is 0. The minimum absolute atomic E-state index is 0.209. The minimum atomic E-state index is -1.26. The molecule has 4 rings (SSSR count). The summed E-state index contributed by atoms with van der Waals surface area (Å²) in [6.07, 6.45) is 1.96. The highest BCUT2D eigenvalue weighted by atomic mass is 16.2. The molecule has 4 aromatic rings. The summed E-state index contributed by atoms with van der Waals surface area (Å²) in [6.45, 7) is 3.68. The van der Waals surface area contributed by atoms with Crippen LogP contribution in [0, 0.1) is 0 Å². The number of carbonyl (C=O) groups excluding carboxylic acids is 3. The zero-order valence-corrected chi connectivity index (χ0v) is 21.3. The molecule has 3 aromatic carbocycles. The van der Waals surface area contributed by atoms with Crippen molar-refractivity contribution in [3.8, 4) is 0 Å². The van der Waals surface area contributed by atoms with Gasteiger partial charge in [0.1, 0.15) is 11.6 Å². The van der Waals surface area contributed by atoms with Crippen molar-refractivity contribution < 1.29 is 14.4 Å². The summed E-state index contributed by atoms with van der Waals surface area (Å²) in [7, 11) is 1.73. The fourth-order valence-corrected chi connectivity index (χ4v) is 4.26. The summed E-state index contributed by atoms with van der Waals surface area (Å²) in [5.74, 6) is -1.02. The molecule has 0 aliphatic heterocycles. The predicted octanol–water partition coefficient (Wildman–Crippen LogP) is 4.06. The van der Waals surface area contributed by atoms with Gasteiger partial charge in [0.05, 0.1) is 5.56 Å². The predicted molar refractivity (Wildman–Crippen MR) is 145 cm³/mol. The van der Waals surface area contributed by atoms with Crippen LogP contribution in [-0.2, 0) is 22.6 Å². The van der Waals surface area contributed by atoms with Crippen molar-refractivity contribution >= 4 is 28.6 Å². The van der Waals surface area contributed by atoms with Crippen molar-refractivity contribution in [1.29, 1.82) is 0 Å². The molecule has 1 atom stereocenters. The number of fused-ring (bicyclic) bond motifs is 1. The molecule has 0 saturated heterocycles. The average molecular weight is 497 g/mol. The van der Waals surface area contributed by atoms with Gasteiger partial charge in [-0.25, -0.2) is 0 Å². The Kier molecular flexibility index (Phi) is 7.72. The van der Waals surface area contributed by atoms with Crippen molar-refractivity contribution in [3.05, 3.63) is 108 Å². The van der Waals surface area contributed by atoms with Crippen LogP contribution < -0.4 is 10.6 Å². The number of rotatable bonds is 9. The van der Waals surface area contributed by atoms with Gasteiger partial charge in [0.2, 0.25) is 11.8 Å². The Labute approximate surface area is 216 Å². The van der Waals surface area contributed by atoms with E-state index in [2.05, 4.69) is 15.6 Å². The van der Waals surface area contributed by atoms with E-state index in [4.69, 9.17) is 0 Å². The van der Waals surface area contributed by atoms with Crippen molar-refractivity contribution in [3.63, 3.8) is 0 Å². The molecular weight excluding hydrogens is 464 g/mol. The van der Waals surface area contributed by atoms with Crippen molar-refractivity contribution in [2.75, 3.05) is 7.05 Å². The quantitative estimate of drug-likeness (QED) is 0.326. The molecule has 37 heavy (non-hydrogen) atoms. The lowest BCUT2D eigenvalue weighted by atomic mass is 10.00. The van der Waals surface area contributed by atoms with E-state index >= 15 is 0 Å². The van der Waals surface area contributed by atoms with Gasteiger partial charge in [-0.15, -0.1) is 0 Å². The second-order valence-electron chi connectivity index (χ2n) is 9.72. The summed E-state index contributed by atoms with van der Waals surface area (Å²) in [6, 6.07) is 25.9. The van der Waals surface area contributed by atoms with Crippen molar-refractivity contribution in [2.45, 2.75) is 38.4 Å². The smallest absolute Gasteiger partial charge is 0.254 e. The van der Waals surface area contributed by atoms with Gasteiger partial charge in [-0.05, 0) is 31.0 Å². The number of hydrogen-bond donors (Lipinski definition) is 3. The van der Waals surface area contributed by atoms with E-state index < -0.39 is 17.5 Å². The van der Waals surface area contributed by atoms with E-state index in [1.165, 1.54) is 0 Å². The molecule has 0 radical (unpaired) electrons. The largest absolute Gasteiger partial charge is 0.360 e. The van der Waals surface area contributed by atoms with Crippen LogP contribution in [0.2, 0.25) is 0 Å². The van der Waals surface area contributed by atoms with Gasteiger partial charge in [0, 0.05) is 37.1 Å². The topological polar surface area (TPSA) is 94.3 Å². The monoisotopic (exact) mass is 496 g/mol. The summed E-state index contributed by atoms with van der Waals surface area (Å²) < 4.78 is 0. The summed E-state index contributed by atoms with van der Waals surface area (Å²) in [4.78, 5) is 44.7. The van der Waals surface area contributed by atoms with Gasteiger partial charge in [-0.2, -0.15) is 0 Å². The molecule has 0 fully saturated rings. The van der Waals surface area contributed by atoms with Gasteiger partial charge >= 0.3 is 0 Å². The van der Waals surface area contributed by atoms with Gasteiger partial charge in [-0.3, -0.25) is 14.4 Å². The molecule has 0 saturated carbocycles. The Morgan fingerprint density at radius 3 is 2.14 bits per heavy atom. The highest BCUT2D eigenvalue weighted by molar-refractivity contribution is 6.08. The van der Waals surface area contributed by atoms with Crippen molar-refractivity contribution in [2.24, 2.45) is 0 Å². The van der Waals surface area contributed by atoms with E-state index in [1.54, 1.807) is 32.0 Å². The Bertz CT molecular complexity index is 1380. The molecule has 1 unspecified atom stereocenters. The molecule has 190 valence electrons. The molecule has 7 heteroatoms. The number of hydrogen-bond acceptors (Lipinski definition) is 3. The molecule has 1 heterocycles. The standard InChI is InChI=1S/C30H32N4O3/c1-30(2,33-27(35)24-19-31-25-17-11-10-16-23(24)25)29(37)32-26(18-21-12-6-4-7-13-21)28(36)34(3)20-22-14-8-5-9-15-22/h4-17,19,26,31H,18,20H2,1-3H3,(H,32,37)(H,33,35). The molecule has 0 aliphatic carbocycles. The summed E-state index contributed by atoms with van der Waals surface area (Å²) in [5, 5.41) is 6.51. The zero-order chi connectivity index (χ0) is 26.4. The van der Waals surface area contributed by atoms with E-state index in [9.17, 15) is 14.4 Å². The van der Waals surface area contributed by atoms with Crippen LogP contribution in [0.15, 0.2) is 91.1 Å². The molecule has 0 spiro atoms. The first-order chi connectivity index (χ1) is 17.7. The molecule has 3 amide bonds. The van der Waals surface area contributed by atoms with E-state index in [0.29, 0.717) is 18.5 Å². The number of nitrogens with zero attached hydrogens (tertiary/aromatic N) is 1. The third-order valence-electron chi connectivity index (χ3n) is 6.35. The van der Waals surface area contributed by atoms with Crippen LogP contribution in [0.4, 0.5) is 0 Å². The van der Waals surface area contributed by atoms with Gasteiger partial charge < -0.3 is 20.5 Å². The van der Waals surface area contributed by atoms with E-state index in [0.717, 1.165) is 22.0 Å². The Hall–Kier alpha value is -4.39. The average Bonchev–Trinajstić information content (AvgIpc) is 3.33. The van der Waals surface area contributed by atoms with Crippen LogP contribution in [0.5, 0.6) is 0 Å². The normalized spacial score (nSPS) is 12.1. The second kappa shape index (κ2) is 11.1. The lowest BCUT2D eigenvalue weighted by Gasteiger charge is -2.30. The molecule has 3 N–H and O–H groups in total.